The molecule has 0 aromatic heterocycles. The van der Waals surface area contributed by atoms with Gasteiger partial charge in [-0.3, -0.25) is 13.9 Å². The van der Waals surface area contributed by atoms with E-state index < -0.39 is 15.9 Å². The highest BCUT2D eigenvalue weighted by molar-refractivity contribution is 7.92. The summed E-state index contributed by atoms with van der Waals surface area (Å²) >= 11 is 5.84. The molecule has 0 bridgehead atoms. The zero-order valence-electron chi connectivity index (χ0n) is 15.3. The standard InChI is InChI=1S/C19H20ClN3O4S/c1-28(26,27)23(17-8-4-14(20)5-9-17)13-18(24)21-15-6-10-16(11-7-15)22-12-2-3-19(22)25/h4-11H,2-3,12-13H2,1H3,(H,21,24). The van der Waals surface area contributed by atoms with Crippen LogP contribution in [0.1, 0.15) is 12.8 Å². The molecule has 1 fully saturated rings. The van der Waals surface area contributed by atoms with Crippen LogP contribution >= 0.6 is 11.6 Å². The summed E-state index contributed by atoms with van der Waals surface area (Å²) in [7, 11) is -3.66. The molecule has 2 amide bonds. The van der Waals surface area contributed by atoms with Crippen molar-refractivity contribution in [1.29, 1.82) is 0 Å². The SMILES string of the molecule is CS(=O)(=O)N(CC(=O)Nc1ccc(N2CCCC2=O)cc1)c1ccc(Cl)cc1. The zero-order chi connectivity index (χ0) is 20.3. The van der Waals surface area contributed by atoms with Crippen LogP contribution in [-0.4, -0.2) is 39.6 Å². The Balaban J connectivity index is 1.69. The molecule has 0 spiro atoms. The van der Waals surface area contributed by atoms with E-state index in [0.717, 1.165) is 22.7 Å². The van der Waals surface area contributed by atoms with E-state index in [0.29, 0.717) is 29.4 Å². The average Bonchev–Trinajstić information content (AvgIpc) is 3.06. The molecular weight excluding hydrogens is 402 g/mol. The minimum Gasteiger partial charge on any atom is -0.325 e. The normalized spacial score (nSPS) is 14.2. The summed E-state index contributed by atoms with van der Waals surface area (Å²) in [4.78, 5) is 25.9. The number of sulfonamides is 1. The Morgan fingerprint density at radius 2 is 1.79 bits per heavy atom. The lowest BCUT2D eigenvalue weighted by Gasteiger charge is -2.22. The minimum absolute atomic E-state index is 0.0866. The van der Waals surface area contributed by atoms with Gasteiger partial charge in [0.2, 0.25) is 21.8 Å². The van der Waals surface area contributed by atoms with Gasteiger partial charge in [-0.15, -0.1) is 0 Å². The number of hydrogen-bond acceptors (Lipinski definition) is 4. The zero-order valence-corrected chi connectivity index (χ0v) is 16.8. The van der Waals surface area contributed by atoms with E-state index in [9.17, 15) is 18.0 Å². The lowest BCUT2D eigenvalue weighted by Crippen LogP contribution is -2.37. The molecule has 1 N–H and O–H groups in total. The van der Waals surface area contributed by atoms with Crippen molar-refractivity contribution < 1.29 is 18.0 Å². The first-order valence-electron chi connectivity index (χ1n) is 8.67. The van der Waals surface area contributed by atoms with Crippen molar-refractivity contribution >= 4 is 50.5 Å². The second-order valence-corrected chi connectivity index (χ2v) is 8.83. The van der Waals surface area contributed by atoms with Crippen LogP contribution in [0.4, 0.5) is 17.1 Å². The van der Waals surface area contributed by atoms with E-state index in [1.807, 2.05) is 0 Å². The van der Waals surface area contributed by atoms with Crippen molar-refractivity contribution in [2.24, 2.45) is 0 Å². The highest BCUT2D eigenvalue weighted by Crippen LogP contribution is 2.24. The summed E-state index contributed by atoms with van der Waals surface area (Å²) in [5.74, 6) is -0.395. The maximum absolute atomic E-state index is 12.4. The number of benzene rings is 2. The number of amides is 2. The molecule has 1 heterocycles. The van der Waals surface area contributed by atoms with Crippen LogP contribution in [0.15, 0.2) is 48.5 Å². The molecule has 28 heavy (non-hydrogen) atoms. The molecule has 148 valence electrons. The molecule has 1 aliphatic heterocycles. The van der Waals surface area contributed by atoms with Crippen molar-refractivity contribution in [2.75, 3.05) is 33.9 Å². The van der Waals surface area contributed by atoms with Crippen molar-refractivity contribution in [1.82, 2.24) is 0 Å². The Bertz CT molecular complexity index is 975. The van der Waals surface area contributed by atoms with Gasteiger partial charge in [0, 0.05) is 29.4 Å². The fraction of sp³-hybridized carbons (Fsp3) is 0.263. The average molecular weight is 422 g/mol. The predicted octanol–water partition coefficient (Wildman–Crippen LogP) is 2.87. The Morgan fingerprint density at radius 1 is 1.14 bits per heavy atom. The van der Waals surface area contributed by atoms with Crippen LogP contribution in [0.5, 0.6) is 0 Å². The van der Waals surface area contributed by atoms with Crippen molar-refractivity contribution in [2.45, 2.75) is 12.8 Å². The van der Waals surface area contributed by atoms with Crippen LogP contribution in [0.25, 0.3) is 0 Å². The summed E-state index contributed by atoms with van der Waals surface area (Å²) in [5, 5.41) is 3.15. The number of hydrogen-bond donors (Lipinski definition) is 1. The molecule has 9 heteroatoms. The third kappa shape index (κ3) is 4.82. The molecule has 1 saturated heterocycles. The highest BCUT2D eigenvalue weighted by atomic mass is 35.5. The molecule has 3 rings (SSSR count). The molecule has 0 aliphatic carbocycles. The van der Waals surface area contributed by atoms with Crippen LogP contribution in [-0.2, 0) is 19.6 Å². The van der Waals surface area contributed by atoms with Gasteiger partial charge < -0.3 is 10.2 Å². The number of nitrogens with one attached hydrogen (secondary N) is 1. The first kappa shape index (κ1) is 20.2. The second-order valence-electron chi connectivity index (χ2n) is 6.49. The van der Waals surface area contributed by atoms with E-state index >= 15 is 0 Å². The second kappa shape index (κ2) is 8.20. The monoisotopic (exact) mass is 421 g/mol. The minimum atomic E-state index is -3.66. The van der Waals surface area contributed by atoms with Crippen molar-refractivity contribution in [3.05, 3.63) is 53.6 Å². The predicted molar refractivity (Wildman–Crippen MR) is 110 cm³/mol. The van der Waals surface area contributed by atoms with Gasteiger partial charge in [0.05, 0.1) is 11.9 Å². The summed E-state index contributed by atoms with van der Waals surface area (Å²) in [6, 6.07) is 13.1. The largest absolute Gasteiger partial charge is 0.325 e. The van der Waals surface area contributed by atoms with Gasteiger partial charge in [0.1, 0.15) is 6.54 Å². The van der Waals surface area contributed by atoms with Crippen LogP contribution in [0.2, 0.25) is 5.02 Å². The number of halogens is 1. The van der Waals surface area contributed by atoms with Gasteiger partial charge in [0.15, 0.2) is 0 Å². The summed E-state index contributed by atoms with van der Waals surface area (Å²) < 4.78 is 25.2. The van der Waals surface area contributed by atoms with Gasteiger partial charge in [-0.2, -0.15) is 0 Å². The Kier molecular flexibility index (Phi) is 5.90. The van der Waals surface area contributed by atoms with Crippen molar-refractivity contribution in [3.63, 3.8) is 0 Å². The number of carbonyl (C=O) groups is 2. The molecular formula is C19H20ClN3O4S. The van der Waals surface area contributed by atoms with Gasteiger partial charge >= 0.3 is 0 Å². The van der Waals surface area contributed by atoms with E-state index in [-0.39, 0.29) is 12.5 Å². The number of anilines is 3. The van der Waals surface area contributed by atoms with Crippen LogP contribution in [0, 0.1) is 0 Å². The highest BCUT2D eigenvalue weighted by Gasteiger charge is 2.22. The molecule has 0 atom stereocenters. The molecule has 2 aromatic rings. The maximum Gasteiger partial charge on any atom is 0.245 e. The Labute approximate surface area is 168 Å². The summed E-state index contributed by atoms with van der Waals surface area (Å²) in [6.07, 6.45) is 2.42. The van der Waals surface area contributed by atoms with Crippen LogP contribution < -0.4 is 14.5 Å². The molecule has 0 radical (unpaired) electrons. The molecule has 0 unspecified atom stereocenters. The number of rotatable bonds is 6. The van der Waals surface area contributed by atoms with E-state index in [4.69, 9.17) is 11.6 Å². The van der Waals surface area contributed by atoms with Gasteiger partial charge in [0.25, 0.3) is 0 Å². The smallest absolute Gasteiger partial charge is 0.245 e. The Morgan fingerprint density at radius 3 is 2.32 bits per heavy atom. The first-order valence-corrected chi connectivity index (χ1v) is 10.9. The number of nitrogens with zero attached hydrogens (tertiary/aromatic N) is 2. The third-order valence-electron chi connectivity index (χ3n) is 4.34. The Hall–Kier alpha value is -2.58. The van der Waals surface area contributed by atoms with E-state index in [1.54, 1.807) is 53.4 Å². The molecule has 2 aromatic carbocycles. The molecule has 7 nitrogen and oxygen atoms in total. The van der Waals surface area contributed by atoms with Gasteiger partial charge in [-0.1, -0.05) is 11.6 Å². The first-order chi connectivity index (χ1) is 13.2. The molecule has 1 aliphatic rings. The fourth-order valence-corrected chi connectivity index (χ4v) is 3.97. The van der Waals surface area contributed by atoms with E-state index in [1.165, 1.54) is 0 Å². The maximum atomic E-state index is 12.4. The van der Waals surface area contributed by atoms with E-state index in [2.05, 4.69) is 5.32 Å². The summed E-state index contributed by atoms with van der Waals surface area (Å²) in [6.45, 7) is 0.321. The lowest BCUT2D eigenvalue weighted by atomic mass is 10.2. The van der Waals surface area contributed by atoms with Crippen molar-refractivity contribution in [3.8, 4) is 0 Å². The quantitative estimate of drug-likeness (QED) is 0.776. The lowest BCUT2D eigenvalue weighted by molar-refractivity contribution is -0.117. The van der Waals surface area contributed by atoms with Gasteiger partial charge in [-0.25, -0.2) is 8.42 Å². The topological polar surface area (TPSA) is 86.8 Å². The van der Waals surface area contributed by atoms with Gasteiger partial charge in [-0.05, 0) is 55.0 Å². The van der Waals surface area contributed by atoms with Crippen LogP contribution in [0.3, 0.4) is 0 Å². The summed E-state index contributed by atoms with van der Waals surface area (Å²) in [5.41, 5.74) is 1.65. The number of carbonyl (C=O) groups excluding carboxylic acids is 2. The molecule has 0 saturated carbocycles. The third-order valence-corrected chi connectivity index (χ3v) is 5.73. The fourth-order valence-electron chi connectivity index (χ4n) is 2.98.